The largest absolute Gasteiger partial charge is 0.508 e. The Bertz CT molecular complexity index is 600. The molecule has 0 aliphatic heterocycles. The van der Waals surface area contributed by atoms with Crippen LogP contribution >= 0.6 is 0 Å². The van der Waals surface area contributed by atoms with Crippen LogP contribution in [0.25, 0.3) is 11.1 Å². The van der Waals surface area contributed by atoms with Crippen LogP contribution in [0.4, 0.5) is 0 Å². The van der Waals surface area contributed by atoms with E-state index < -0.39 is 0 Å². The average Bonchev–Trinajstić information content (AvgIpc) is 2.55. The van der Waals surface area contributed by atoms with E-state index in [0.29, 0.717) is 0 Å². The van der Waals surface area contributed by atoms with Gasteiger partial charge in [-0.15, -0.1) is 0 Å². The molecule has 0 radical (unpaired) electrons. The molecule has 122 valence electrons. The van der Waals surface area contributed by atoms with Crippen molar-refractivity contribution >= 4 is 32.1 Å². The second kappa shape index (κ2) is 9.83. The number of rotatable bonds is 3. The highest BCUT2D eigenvalue weighted by Crippen LogP contribution is 2.32. The van der Waals surface area contributed by atoms with Crippen LogP contribution in [0.5, 0.6) is 11.5 Å². The first-order valence-corrected chi connectivity index (χ1v) is 9.02. The van der Waals surface area contributed by atoms with Gasteiger partial charge >= 0.3 is 0 Å². The van der Waals surface area contributed by atoms with E-state index in [2.05, 4.69) is 16.3 Å². The highest BCUT2D eigenvalue weighted by atomic mass is 28.3. The molecule has 0 amide bonds. The second-order valence-electron chi connectivity index (χ2n) is 4.91. The summed E-state index contributed by atoms with van der Waals surface area (Å²) < 4.78 is 4.53. The van der Waals surface area contributed by atoms with Crippen molar-refractivity contribution in [2.24, 2.45) is 0 Å². The van der Waals surface area contributed by atoms with Gasteiger partial charge in [0, 0.05) is 0 Å². The SMILES string of the molecule is C/C=C(/C(=C/C)c1ccc(O)cc1)c1ccc(O)cc1.[SiH3]O[SiH3]. The lowest BCUT2D eigenvalue weighted by Gasteiger charge is -2.13. The molecule has 0 saturated carbocycles. The summed E-state index contributed by atoms with van der Waals surface area (Å²) >= 11 is 0. The Morgan fingerprint density at radius 2 is 1.00 bits per heavy atom. The van der Waals surface area contributed by atoms with Crippen molar-refractivity contribution < 1.29 is 14.3 Å². The topological polar surface area (TPSA) is 49.7 Å². The molecule has 0 fully saturated rings. The Hall–Kier alpha value is -2.09. The molecular formula is C18H24O3Si2. The maximum absolute atomic E-state index is 9.39. The molecule has 0 aliphatic rings. The molecule has 0 aromatic heterocycles. The number of hydrogen-bond acceptors (Lipinski definition) is 3. The van der Waals surface area contributed by atoms with E-state index >= 15 is 0 Å². The fourth-order valence-electron chi connectivity index (χ4n) is 2.24. The summed E-state index contributed by atoms with van der Waals surface area (Å²) in [5.74, 6) is 0.520. The monoisotopic (exact) mass is 344 g/mol. The third-order valence-corrected chi connectivity index (χ3v) is 3.22. The van der Waals surface area contributed by atoms with Crippen LogP contribution < -0.4 is 0 Å². The normalized spacial score (nSPS) is 11.9. The predicted octanol–water partition coefficient (Wildman–Crippen LogP) is 2.17. The Kier molecular flexibility index (Phi) is 8.11. The van der Waals surface area contributed by atoms with Gasteiger partial charge in [-0.3, -0.25) is 0 Å². The predicted molar refractivity (Wildman–Crippen MR) is 104 cm³/mol. The Morgan fingerprint density at radius 3 is 1.22 bits per heavy atom. The molecule has 0 aliphatic carbocycles. The van der Waals surface area contributed by atoms with Gasteiger partial charge in [0.25, 0.3) is 0 Å². The average molecular weight is 345 g/mol. The maximum atomic E-state index is 9.39. The van der Waals surface area contributed by atoms with Gasteiger partial charge in [-0.1, -0.05) is 36.4 Å². The summed E-state index contributed by atoms with van der Waals surface area (Å²) in [5, 5.41) is 18.8. The minimum Gasteiger partial charge on any atom is -0.508 e. The van der Waals surface area contributed by atoms with Gasteiger partial charge in [0.05, 0.1) is 0 Å². The molecule has 3 nitrogen and oxygen atoms in total. The third-order valence-electron chi connectivity index (χ3n) is 3.22. The van der Waals surface area contributed by atoms with Crippen molar-refractivity contribution in [2.45, 2.75) is 13.8 Å². The molecule has 2 N–H and O–H groups in total. The molecule has 0 bridgehead atoms. The van der Waals surface area contributed by atoms with Crippen molar-refractivity contribution in [3.05, 3.63) is 71.8 Å². The first-order valence-electron chi connectivity index (χ1n) is 7.39. The number of phenolic OH excluding ortho intramolecular Hbond substituents is 2. The molecule has 2 rings (SSSR count). The first-order chi connectivity index (χ1) is 11.1. The zero-order chi connectivity index (χ0) is 17.2. The highest BCUT2D eigenvalue weighted by Gasteiger charge is 2.09. The Morgan fingerprint density at radius 1 is 0.739 bits per heavy atom. The molecule has 0 atom stereocenters. The molecular weight excluding hydrogens is 320 g/mol. The van der Waals surface area contributed by atoms with E-state index in [1.165, 1.54) is 0 Å². The minimum absolute atomic E-state index is 0.260. The molecule has 0 spiro atoms. The summed E-state index contributed by atoms with van der Waals surface area (Å²) in [6.45, 7) is 3.98. The number of hydrogen-bond donors (Lipinski definition) is 2. The summed E-state index contributed by atoms with van der Waals surface area (Å²) in [6.07, 6.45) is 4.10. The number of benzene rings is 2. The standard InChI is InChI=1S/C18H18O2.H6OSi2/c1-3-17(13-5-9-15(19)10-6-13)18(4-2)14-7-11-16(20)12-8-14;2-1-3/h3-12,19-20H,1-2H3;2-3H3/b17-3+,18-4+;. The van der Waals surface area contributed by atoms with E-state index in [1.54, 1.807) is 24.3 Å². The molecule has 0 heterocycles. The summed E-state index contributed by atoms with van der Waals surface area (Å²) in [6, 6.07) is 14.3. The summed E-state index contributed by atoms with van der Waals surface area (Å²) in [5.41, 5.74) is 4.29. The smallest absolute Gasteiger partial charge is 0.129 e. The Labute approximate surface area is 144 Å². The molecule has 2 aromatic rings. The summed E-state index contributed by atoms with van der Waals surface area (Å²) in [4.78, 5) is 0. The molecule has 0 unspecified atom stereocenters. The van der Waals surface area contributed by atoms with Crippen LogP contribution in [0.3, 0.4) is 0 Å². The lowest BCUT2D eigenvalue weighted by molar-refractivity contribution is 0.474. The molecule has 0 saturated heterocycles. The zero-order valence-electron chi connectivity index (χ0n) is 14.1. The number of phenols is 2. The molecule has 5 heteroatoms. The van der Waals surface area contributed by atoms with Crippen LogP contribution in [0.15, 0.2) is 60.7 Å². The van der Waals surface area contributed by atoms with Crippen LogP contribution in [0.2, 0.25) is 0 Å². The highest BCUT2D eigenvalue weighted by molar-refractivity contribution is 6.15. The van der Waals surface area contributed by atoms with Gasteiger partial charge in [-0.05, 0) is 60.4 Å². The lowest BCUT2D eigenvalue weighted by atomic mass is 9.92. The first kappa shape index (κ1) is 19.0. The van der Waals surface area contributed by atoms with E-state index in [4.69, 9.17) is 0 Å². The van der Waals surface area contributed by atoms with Gasteiger partial charge in [0.1, 0.15) is 32.5 Å². The maximum Gasteiger partial charge on any atom is 0.129 e. The van der Waals surface area contributed by atoms with Gasteiger partial charge in [0.15, 0.2) is 0 Å². The number of aromatic hydroxyl groups is 2. The van der Waals surface area contributed by atoms with Crippen molar-refractivity contribution in [2.75, 3.05) is 0 Å². The Balaban J connectivity index is 0.000000816. The van der Waals surface area contributed by atoms with Gasteiger partial charge in [-0.25, -0.2) is 0 Å². The van der Waals surface area contributed by atoms with E-state index in [-0.39, 0.29) is 11.5 Å². The van der Waals surface area contributed by atoms with E-state index in [1.807, 2.05) is 38.1 Å². The minimum atomic E-state index is 0.260. The van der Waals surface area contributed by atoms with Crippen molar-refractivity contribution in [1.82, 2.24) is 0 Å². The van der Waals surface area contributed by atoms with Crippen LogP contribution in [-0.4, -0.2) is 31.2 Å². The van der Waals surface area contributed by atoms with Crippen LogP contribution in [0, 0.1) is 0 Å². The fourth-order valence-corrected chi connectivity index (χ4v) is 2.24. The van der Waals surface area contributed by atoms with Crippen molar-refractivity contribution in [3.8, 4) is 11.5 Å². The summed E-state index contributed by atoms with van der Waals surface area (Å²) in [7, 11) is 1.86. The van der Waals surface area contributed by atoms with Crippen molar-refractivity contribution in [1.29, 1.82) is 0 Å². The van der Waals surface area contributed by atoms with Gasteiger partial charge in [-0.2, -0.15) is 0 Å². The van der Waals surface area contributed by atoms with Crippen LogP contribution in [-0.2, 0) is 4.12 Å². The van der Waals surface area contributed by atoms with Crippen LogP contribution in [0.1, 0.15) is 25.0 Å². The van der Waals surface area contributed by atoms with Crippen molar-refractivity contribution in [3.63, 3.8) is 0 Å². The van der Waals surface area contributed by atoms with Gasteiger partial charge in [0.2, 0.25) is 0 Å². The van der Waals surface area contributed by atoms with E-state index in [9.17, 15) is 10.2 Å². The molecule has 23 heavy (non-hydrogen) atoms. The molecule has 2 aromatic carbocycles. The van der Waals surface area contributed by atoms with E-state index in [0.717, 1.165) is 43.2 Å². The quantitative estimate of drug-likeness (QED) is 0.663. The third kappa shape index (κ3) is 5.56. The number of allylic oxidation sites excluding steroid dienone is 4. The fraction of sp³-hybridized carbons (Fsp3) is 0.111. The van der Waals surface area contributed by atoms with Gasteiger partial charge < -0.3 is 14.3 Å². The lowest BCUT2D eigenvalue weighted by Crippen LogP contribution is -1.90. The zero-order valence-corrected chi connectivity index (χ0v) is 18.1. The second-order valence-corrected chi connectivity index (χ2v) is 8.17.